The molecule has 0 saturated heterocycles. The summed E-state index contributed by atoms with van der Waals surface area (Å²) in [6, 6.07) is 4.66. The molecular weight excluding hydrogens is 327 g/mol. The summed E-state index contributed by atoms with van der Waals surface area (Å²) in [4.78, 5) is 23.3. The quantitative estimate of drug-likeness (QED) is 0.711. The number of nitrogens with one attached hydrogen (secondary N) is 2. The molecule has 2 rings (SSSR count). The summed E-state index contributed by atoms with van der Waals surface area (Å²) in [5.74, 6) is 0.195. The van der Waals surface area contributed by atoms with Gasteiger partial charge in [0.2, 0.25) is 5.91 Å². The molecule has 0 heterocycles. The number of halogens is 2. The van der Waals surface area contributed by atoms with Crippen LogP contribution < -0.4 is 10.6 Å². The van der Waals surface area contributed by atoms with Gasteiger partial charge in [0.15, 0.2) is 0 Å². The second-order valence-electron chi connectivity index (χ2n) is 5.19. The van der Waals surface area contributed by atoms with Crippen LogP contribution in [0.2, 0.25) is 10.0 Å². The Morgan fingerprint density at radius 2 is 1.86 bits per heavy atom. The maximum Gasteiger partial charge on any atom is 0.251 e. The summed E-state index contributed by atoms with van der Waals surface area (Å²) < 4.78 is 5.26. The van der Waals surface area contributed by atoms with Gasteiger partial charge in [0.05, 0.1) is 16.7 Å². The van der Waals surface area contributed by atoms with E-state index in [1.54, 1.807) is 12.1 Å². The molecule has 0 aliphatic heterocycles. The van der Waals surface area contributed by atoms with Crippen LogP contribution >= 0.6 is 23.2 Å². The Morgan fingerprint density at radius 3 is 2.55 bits per heavy atom. The molecule has 120 valence electrons. The second-order valence-corrected chi connectivity index (χ2v) is 6.01. The first kappa shape index (κ1) is 17.1. The fourth-order valence-electron chi connectivity index (χ4n) is 1.77. The topological polar surface area (TPSA) is 67.4 Å². The standard InChI is InChI=1S/C15H18Cl2N2O3/c16-12-4-3-11(7-13(12)17)15(21)19-6-5-18-14(20)9-22-8-10-1-2-10/h3-4,7,10H,1-2,5-6,8-9H2,(H,18,20)(H,19,21). The van der Waals surface area contributed by atoms with Gasteiger partial charge in [0.1, 0.15) is 6.61 Å². The minimum atomic E-state index is -0.266. The molecule has 22 heavy (non-hydrogen) atoms. The predicted octanol–water partition coefficient (Wildman–Crippen LogP) is 2.27. The first-order valence-corrected chi connectivity index (χ1v) is 7.89. The van der Waals surface area contributed by atoms with E-state index in [9.17, 15) is 9.59 Å². The maximum absolute atomic E-state index is 11.9. The lowest BCUT2D eigenvalue weighted by Gasteiger charge is -2.08. The van der Waals surface area contributed by atoms with Crippen molar-refractivity contribution in [2.24, 2.45) is 5.92 Å². The summed E-state index contributed by atoms with van der Waals surface area (Å²) >= 11 is 11.6. The Morgan fingerprint density at radius 1 is 1.14 bits per heavy atom. The highest BCUT2D eigenvalue weighted by Crippen LogP contribution is 2.28. The van der Waals surface area contributed by atoms with Crippen LogP contribution in [0.5, 0.6) is 0 Å². The highest BCUT2D eigenvalue weighted by Gasteiger charge is 2.21. The maximum atomic E-state index is 11.9. The molecule has 0 radical (unpaired) electrons. The monoisotopic (exact) mass is 344 g/mol. The van der Waals surface area contributed by atoms with Crippen LogP contribution in [0.1, 0.15) is 23.2 Å². The van der Waals surface area contributed by atoms with Crippen molar-refractivity contribution in [1.82, 2.24) is 10.6 Å². The van der Waals surface area contributed by atoms with E-state index in [-0.39, 0.29) is 18.4 Å². The van der Waals surface area contributed by atoms with Crippen molar-refractivity contribution in [3.05, 3.63) is 33.8 Å². The third-order valence-corrected chi connectivity index (χ3v) is 3.94. The van der Waals surface area contributed by atoms with E-state index in [0.717, 1.165) is 0 Å². The highest BCUT2D eigenvalue weighted by molar-refractivity contribution is 6.42. The highest BCUT2D eigenvalue weighted by atomic mass is 35.5. The first-order valence-electron chi connectivity index (χ1n) is 7.14. The summed E-state index contributed by atoms with van der Waals surface area (Å²) in [5.41, 5.74) is 0.425. The molecule has 0 aromatic heterocycles. The van der Waals surface area contributed by atoms with E-state index in [2.05, 4.69) is 10.6 Å². The van der Waals surface area contributed by atoms with Crippen LogP contribution in [-0.2, 0) is 9.53 Å². The van der Waals surface area contributed by atoms with Gasteiger partial charge >= 0.3 is 0 Å². The number of carbonyl (C=O) groups is 2. The third-order valence-electron chi connectivity index (χ3n) is 3.20. The fraction of sp³-hybridized carbons (Fsp3) is 0.467. The van der Waals surface area contributed by atoms with E-state index in [1.807, 2.05) is 0 Å². The second kappa shape index (κ2) is 8.36. The van der Waals surface area contributed by atoms with Crippen molar-refractivity contribution in [3.63, 3.8) is 0 Å². The molecule has 5 nitrogen and oxygen atoms in total. The Kier molecular flexibility index (Phi) is 6.49. The third kappa shape index (κ3) is 5.83. The summed E-state index contributed by atoms with van der Waals surface area (Å²) in [7, 11) is 0. The zero-order valence-corrected chi connectivity index (χ0v) is 13.5. The average Bonchev–Trinajstić information content (AvgIpc) is 3.30. The van der Waals surface area contributed by atoms with Gasteiger partial charge < -0.3 is 15.4 Å². The fourth-order valence-corrected chi connectivity index (χ4v) is 2.07. The summed E-state index contributed by atoms with van der Waals surface area (Å²) in [6.45, 7) is 1.39. The van der Waals surface area contributed by atoms with Gasteiger partial charge in [-0.3, -0.25) is 9.59 Å². The lowest BCUT2D eigenvalue weighted by molar-refractivity contribution is -0.125. The van der Waals surface area contributed by atoms with E-state index < -0.39 is 0 Å². The molecule has 1 aliphatic carbocycles. The van der Waals surface area contributed by atoms with Gasteiger partial charge in [-0.2, -0.15) is 0 Å². The van der Waals surface area contributed by atoms with Crippen LogP contribution in [0.25, 0.3) is 0 Å². The molecular formula is C15H18Cl2N2O3. The SMILES string of the molecule is O=C(COCC1CC1)NCCNC(=O)c1ccc(Cl)c(Cl)c1. The van der Waals surface area contributed by atoms with Gasteiger partial charge in [-0.1, -0.05) is 23.2 Å². The molecule has 7 heteroatoms. The molecule has 2 amide bonds. The van der Waals surface area contributed by atoms with Gasteiger partial charge in [-0.05, 0) is 37.0 Å². The van der Waals surface area contributed by atoms with Crippen molar-refractivity contribution in [2.75, 3.05) is 26.3 Å². The Bertz CT molecular complexity index is 548. The predicted molar refractivity (Wildman–Crippen MR) is 85.3 cm³/mol. The Hall–Kier alpha value is -1.30. The number of carbonyl (C=O) groups excluding carboxylic acids is 2. The van der Waals surface area contributed by atoms with Crippen molar-refractivity contribution in [3.8, 4) is 0 Å². The van der Waals surface area contributed by atoms with Crippen LogP contribution in [-0.4, -0.2) is 38.1 Å². The van der Waals surface area contributed by atoms with Crippen molar-refractivity contribution < 1.29 is 14.3 Å². The van der Waals surface area contributed by atoms with E-state index in [0.29, 0.717) is 41.2 Å². The molecule has 0 unspecified atom stereocenters. The Labute approximate surface area is 139 Å². The van der Waals surface area contributed by atoms with E-state index in [1.165, 1.54) is 18.9 Å². The van der Waals surface area contributed by atoms with Gasteiger partial charge in [0.25, 0.3) is 5.91 Å². The number of hydrogen-bond acceptors (Lipinski definition) is 3. The van der Waals surface area contributed by atoms with Crippen LogP contribution in [0.3, 0.4) is 0 Å². The zero-order chi connectivity index (χ0) is 15.9. The first-order chi connectivity index (χ1) is 10.6. The molecule has 1 fully saturated rings. The van der Waals surface area contributed by atoms with Crippen LogP contribution in [0, 0.1) is 5.92 Å². The lowest BCUT2D eigenvalue weighted by atomic mass is 10.2. The molecule has 1 aromatic rings. The average molecular weight is 345 g/mol. The summed E-state index contributed by atoms with van der Waals surface area (Å²) in [6.07, 6.45) is 2.39. The normalized spacial score (nSPS) is 13.7. The minimum Gasteiger partial charge on any atom is -0.371 e. The van der Waals surface area contributed by atoms with E-state index >= 15 is 0 Å². The summed E-state index contributed by atoms with van der Waals surface area (Å²) in [5, 5.41) is 6.10. The van der Waals surface area contributed by atoms with Crippen LogP contribution in [0.15, 0.2) is 18.2 Å². The van der Waals surface area contributed by atoms with E-state index in [4.69, 9.17) is 27.9 Å². The van der Waals surface area contributed by atoms with Crippen molar-refractivity contribution in [1.29, 1.82) is 0 Å². The number of rotatable bonds is 8. The largest absolute Gasteiger partial charge is 0.371 e. The Balaban J connectivity index is 1.59. The van der Waals surface area contributed by atoms with Gasteiger partial charge in [-0.15, -0.1) is 0 Å². The molecule has 2 N–H and O–H groups in total. The molecule has 1 aliphatic rings. The number of ether oxygens (including phenoxy) is 1. The van der Waals surface area contributed by atoms with Gasteiger partial charge in [0, 0.05) is 18.7 Å². The number of benzene rings is 1. The van der Waals surface area contributed by atoms with Crippen molar-refractivity contribution in [2.45, 2.75) is 12.8 Å². The molecule has 0 atom stereocenters. The molecule has 0 spiro atoms. The zero-order valence-electron chi connectivity index (χ0n) is 12.0. The lowest BCUT2D eigenvalue weighted by Crippen LogP contribution is -2.36. The van der Waals surface area contributed by atoms with Gasteiger partial charge in [-0.25, -0.2) is 0 Å². The number of amides is 2. The number of hydrogen-bond donors (Lipinski definition) is 2. The van der Waals surface area contributed by atoms with Crippen LogP contribution in [0.4, 0.5) is 0 Å². The minimum absolute atomic E-state index is 0.0667. The smallest absolute Gasteiger partial charge is 0.251 e. The molecule has 1 saturated carbocycles. The molecule has 0 bridgehead atoms. The molecule has 1 aromatic carbocycles. The van der Waals surface area contributed by atoms with Crippen molar-refractivity contribution >= 4 is 35.0 Å².